The van der Waals surface area contributed by atoms with E-state index in [1.54, 1.807) is 6.92 Å². The third-order valence-electron chi connectivity index (χ3n) is 4.59. The molecule has 2 N–H and O–H groups in total. The number of carbonyl (C=O) groups is 1. The van der Waals surface area contributed by atoms with Gasteiger partial charge in [-0.1, -0.05) is 34.6 Å². The fraction of sp³-hybridized carbons (Fsp3) is 0.917. The lowest BCUT2D eigenvalue weighted by Crippen LogP contribution is -2.39. The van der Waals surface area contributed by atoms with Crippen LogP contribution in [0.1, 0.15) is 41.5 Å². The summed E-state index contributed by atoms with van der Waals surface area (Å²) < 4.78 is 0. The van der Waals surface area contributed by atoms with Crippen LogP contribution in [0.5, 0.6) is 0 Å². The minimum absolute atomic E-state index is 0.0218. The van der Waals surface area contributed by atoms with Crippen molar-refractivity contribution in [1.29, 1.82) is 0 Å². The van der Waals surface area contributed by atoms with E-state index in [0.717, 1.165) is 0 Å². The lowest BCUT2D eigenvalue weighted by Gasteiger charge is -2.19. The second-order valence-corrected chi connectivity index (χ2v) is 5.96. The highest BCUT2D eigenvalue weighted by Gasteiger charge is 2.64. The Morgan fingerprint density at radius 1 is 1.20 bits per heavy atom. The zero-order valence-corrected chi connectivity index (χ0v) is 10.6. The van der Waals surface area contributed by atoms with Gasteiger partial charge < -0.3 is 10.4 Å². The van der Waals surface area contributed by atoms with E-state index in [-0.39, 0.29) is 22.8 Å². The molecule has 0 heterocycles. The highest BCUT2D eigenvalue weighted by molar-refractivity contribution is 5.70. The Bertz CT molecular complexity index is 257. The van der Waals surface area contributed by atoms with Crippen LogP contribution in [0.2, 0.25) is 0 Å². The van der Waals surface area contributed by atoms with E-state index in [1.807, 2.05) is 6.92 Å². The number of carboxylic acids is 1. The topological polar surface area (TPSA) is 49.3 Å². The molecular formula is C12H23NO2. The molecule has 88 valence electrons. The van der Waals surface area contributed by atoms with Gasteiger partial charge in [-0.05, 0) is 17.8 Å². The van der Waals surface area contributed by atoms with Gasteiger partial charge in [0.05, 0.1) is 5.92 Å². The largest absolute Gasteiger partial charge is 0.481 e. The maximum Gasteiger partial charge on any atom is 0.307 e. The summed E-state index contributed by atoms with van der Waals surface area (Å²) in [5.41, 5.74) is 0.527. The summed E-state index contributed by atoms with van der Waals surface area (Å²) in [4.78, 5) is 10.8. The first kappa shape index (κ1) is 12.5. The van der Waals surface area contributed by atoms with Crippen LogP contribution < -0.4 is 5.32 Å². The van der Waals surface area contributed by atoms with E-state index in [4.69, 9.17) is 5.11 Å². The Kier molecular flexibility index (Phi) is 2.90. The summed E-state index contributed by atoms with van der Waals surface area (Å²) in [5, 5.41) is 12.3. The van der Waals surface area contributed by atoms with Gasteiger partial charge in [-0.25, -0.2) is 0 Å². The van der Waals surface area contributed by atoms with E-state index in [2.05, 4.69) is 33.0 Å². The molecule has 2 atom stereocenters. The van der Waals surface area contributed by atoms with Crippen LogP contribution in [0.15, 0.2) is 0 Å². The van der Waals surface area contributed by atoms with Gasteiger partial charge in [-0.2, -0.15) is 0 Å². The molecule has 0 amide bonds. The minimum atomic E-state index is -0.730. The highest BCUT2D eigenvalue weighted by atomic mass is 16.4. The van der Waals surface area contributed by atoms with Crippen molar-refractivity contribution < 1.29 is 9.90 Å². The van der Waals surface area contributed by atoms with E-state index >= 15 is 0 Å². The van der Waals surface area contributed by atoms with Crippen molar-refractivity contribution >= 4 is 5.97 Å². The predicted molar refractivity (Wildman–Crippen MR) is 60.7 cm³/mol. The van der Waals surface area contributed by atoms with Crippen LogP contribution >= 0.6 is 0 Å². The van der Waals surface area contributed by atoms with Crippen LogP contribution in [-0.4, -0.2) is 23.2 Å². The zero-order valence-electron chi connectivity index (χ0n) is 10.6. The summed E-state index contributed by atoms with van der Waals surface area (Å²) in [6.45, 7) is 12.6. The molecule has 0 aromatic rings. The summed E-state index contributed by atoms with van der Waals surface area (Å²) >= 11 is 0. The van der Waals surface area contributed by atoms with Gasteiger partial charge in [0.15, 0.2) is 0 Å². The lowest BCUT2D eigenvalue weighted by molar-refractivity contribution is -0.141. The quantitative estimate of drug-likeness (QED) is 0.752. The van der Waals surface area contributed by atoms with E-state index in [1.165, 1.54) is 0 Å². The van der Waals surface area contributed by atoms with Crippen molar-refractivity contribution in [2.24, 2.45) is 16.7 Å². The van der Waals surface area contributed by atoms with Crippen molar-refractivity contribution in [3.8, 4) is 0 Å². The zero-order chi connectivity index (χ0) is 12.0. The Morgan fingerprint density at radius 3 is 1.87 bits per heavy atom. The molecular weight excluding hydrogens is 190 g/mol. The molecule has 15 heavy (non-hydrogen) atoms. The molecule has 0 radical (unpaired) electrons. The SMILES string of the molecule is CC(NC1C(C)(C)C1(C)C)C(C)C(=O)O. The van der Waals surface area contributed by atoms with Crippen LogP contribution in [-0.2, 0) is 4.79 Å². The number of nitrogens with one attached hydrogen (secondary N) is 1. The van der Waals surface area contributed by atoms with Gasteiger partial charge in [-0.15, -0.1) is 0 Å². The van der Waals surface area contributed by atoms with Gasteiger partial charge in [0.25, 0.3) is 0 Å². The molecule has 1 aliphatic rings. The molecule has 1 rings (SSSR count). The second kappa shape index (κ2) is 3.48. The maximum absolute atomic E-state index is 10.8. The van der Waals surface area contributed by atoms with Crippen molar-refractivity contribution in [3.63, 3.8) is 0 Å². The first-order valence-electron chi connectivity index (χ1n) is 5.61. The molecule has 1 fully saturated rings. The molecule has 2 unspecified atom stereocenters. The molecule has 1 saturated carbocycles. The average molecular weight is 213 g/mol. The third-order valence-corrected chi connectivity index (χ3v) is 4.59. The minimum Gasteiger partial charge on any atom is -0.481 e. The van der Waals surface area contributed by atoms with Crippen LogP contribution in [0.25, 0.3) is 0 Å². The number of hydrogen-bond acceptors (Lipinski definition) is 2. The first-order chi connectivity index (χ1) is 6.62. The van der Waals surface area contributed by atoms with Crippen molar-refractivity contribution in [2.45, 2.75) is 53.6 Å². The lowest BCUT2D eigenvalue weighted by atomic mass is 10.0. The Balaban J connectivity index is 2.55. The van der Waals surface area contributed by atoms with E-state index in [9.17, 15) is 4.79 Å². The molecule has 0 spiro atoms. The normalized spacial score (nSPS) is 27.1. The van der Waals surface area contributed by atoms with Crippen molar-refractivity contribution in [2.75, 3.05) is 0 Å². The number of carboxylic acid groups (broad SMARTS) is 1. The average Bonchev–Trinajstić information content (AvgIpc) is 2.46. The van der Waals surface area contributed by atoms with Gasteiger partial charge in [0, 0.05) is 12.1 Å². The number of hydrogen-bond donors (Lipinski definition) is 2. The first-order valence-corrected chi connectivity index (χ1v) is 5.61. The van der Waals surface area contributed by atoms with Crippen LogP contribution in [0.3, 0.4) is 0 Å². The number of aliphatic carboxylic acids is 1. The molecule has 3 heteroatoms. The summed E-state index contributed by atoms with van der Waals surface area (Å²) in [7, 11) is 0. The Hall–Kier alpha value is -0.570. The van der Waals surface area contributed by atoms with Gasteiger partial charge >= 0.3 is 5.97 Å². The van der Waals surface area contributed by atoms with Crippen molar-refractivity contribution in [1.82, 2.24) is 5.32 Å². The van der Waals surface area contributed by atoms with E-state index in [0.29, 0.717) is 6.04 Å². The second-order valence-electron chi connectivity index (χ2n) is 5.96. The standard InChI is InChI=1S/C12H23NO2/c1-7(9(14)15)8(2)13-10-11(3,4)12(10,5)6/h7-8,10,13H,1-6H3,(H,14,15). The van der Waals surface area contributed by atoms with Crippen LogP contribution in [0.4, 0.5) is 0 Å². The summed E-state index contributed by atoms with van der Waals surface area (Å²) in [6, 6.07) is 0.440. The smallest absolute Gasteiger partial charge is 0.307 e. The molecule has 0 saturated heterocycles. The number of rotatable bonds is 4. The van der Waals surface area contributed by atoms with Gasteiger partial charge in [0.2, 0.25) is 0 Å². The fourth-order valence-corrected chi connectivity index (χ4v) is 2.23. The molecule has 1 aliphatic carbocycles. The van der Waals surface area contributed by atoms with Crippen molar-refractivity contribution in [3.05, 3.63) is 0 Å². The Labute approximate surface area is 92.3 Å². The molecule has 3 nitrogen and oxygen atoms in total. The van der Waals surface area contributed by atoms with Gasteiger partial charge in [0.1, 0.15) is 0 Å². The maximum atomic E-state index is 10.8. The van der Waals surface area contributed by atoms with Gasteiger partial charge in [-0.3, -0.25) is 4.79 Å². The fourth-order valence-electron chi connectivity index (χ4n) is 2.23. The highest BCUT2D eigenvalue weighted by Crippen LogP contribution is 2.62. The molecule has 0 aromatic heterocycles. The summed E-state index contributed by atoms with van der Waals surface area (Å²) in [5.74, 6) is -1.07. The molecule has 0 aromatic carbocycles. The predicted octanol–water partition coefficient (Wildman–Crippen LogP) is 2.12. The molecule has 0 aliphatic heterocycles. The van der Waals surface area contributed by atoms with Crippen LogP contribution in [0, 0.1) is 16.7 Å². The van der Waals surface area contributed by atoms with E-state index < -0.39 is 5.97 Å². The third kappa shape index (κ3) is 1.89. The summed E-state index contributed by atoms with van der Waals surface area (Å²) in [6.07, 6.45) is 0. The monoisotopic (exact) mass is 213 g/mol. The Morgan fingerprint density at radius 2 is 1.60 bits per heavy atom. The molecule has 0 bridgehead atoms.